The highest BCUT2D eigenvalue weighted by molar-refractivity contribution is 5.94. The van der Waals surface area contributed by atoms with Gasteiger partial charge in [0.2, 0.25) is 0 Å². The number of fused-ring (bicyclic) bond motifs is 1. The molecule has 0 aliphatic carbocycles. The summed E-state index contributed by atoms with van der Waals surface area (Å²) in [5, 5.41) is 6.15. The molecule has 5 heteroatoms. The number of para-hydroxylation sites is 2. The van der Waals surface area contributed by atoms with Gasteiger partial charge in [-0.15, -0.1) is 0 Å². The van der Waals surface area contributed by atoms with Crippen molar-refractivity contribution in [2.75, 3.05) is 0 Å². The van der Waals surface area contributed by atoms with E-state index in [1.54, 1.807) is 0 Å². The molecule has 7 aromatic rings. The third kappa shape index (κ3) is 4.36. The van der Waals surface area contributed by atoms with Crippen LogP contribution in [0.25, 0.3) is 62.0 Å². The maximum Gasteiger partial charge on any atom is 0.164 e. The van der Waals surface area contributed by atoms with Gasteiger partial charge in [0.25, 0.3) is 0 Å². The Hall–Kier alpha value is -5.42. The molecule has 0 spiro atoms. The van der Waals surface area contributed by atoms with Crippen LogP contribution in [0.5, 0.6) is 0 Å². The van der Waals surface area contributed by atoms with Crippen LogP contribution in [0, 0.1) is 0 Å². The van der Waals surface area contributed by atoms with Gasteiger partial charge in [0.05, 0.1) is 11.2 Å². The van der Waals surface area contributed by atoms with Crippen LogP contribution < -0.4 is 0 Å². The molecule has 0 amide bonds. The first-order valence-corrected chi connectivity index (χ1v) is 12.8. The Morgan fingerprint density at radius 2 is 0.897 bits per heavy atom. The van der Waals surface area contributed by atoms with Gasteiger partial charge in [-0.1, -0.05) is 115 Å². The first-order chi connectivity index (χ1) is 19.3. The molecule has 0 aliphatic heterocycles. The summed E-state index contributed by atoms with van der Waals surface area (Å²) in [6.07, 6.45) is 0. The monoisotopic (exact) mass is 501 g/mol. The summed E-state index contributed by atoms with van der Waals surface area (Å²) in [7, 11) is 0. The molecule has 0 saturated heterocycles. The fraction of sp³-hybridized carbons (Fsp3) is 0. The van der Waals surface area contributed by atoms with Gasteiger partial charge >= 0.3 is 0 Å². The average Bonchev–Trinajstić information content (AvgIpc) is 3.42. The van der Waals surface area contributed by atoms with Crippen LogP contribution >= 0.6 is 0 Å². The molecule has 0 N–H and O–H groups in total. The van der Waals surface area contributed by atoms with Gasteiger partial charge in [0.1, 0.15) is 5.69 Å². The molecule has 0 atom stereocenters. The van der Waals surface area contributed by atoms with E-state index in [0.717, 1.165) is 44.5 Å². The van der Waals surface area contributed by atoms with Gasteiger partial charge in [-0.2, -0.15) is 5.10 Å². The Morgan fingerprint density at radius 3 is 1.54 bits per heavy atom. The standard InChI is InChI=1S/C34H23N5/c1-4-13-24(14-5-1)32-35-33(25-15-6-2-7-16-25)37-34(36-32)27-18-12-17-26(23-27)31-29-21-10-11-22-30(29)39(38-31)28-19-8-3-9-20-28/h1-23H. The topological polar surface area (TPSA) is 56.5 Å². The largest absolute Gasteiger partial charge is 0.232 e. The Bertz CT molecular complexity index is 1840. The number of hydrogen-bond acceptors (Lipinski definition) is 4. The van der Waals surface area contributed by atoms with Crippen LogP contribution in [0.4, 0.5) is 0 Å². The SMILES string of the molecule is c1ccc(-c2nc(-c3ccccc3)nc(-c3cccc(-c4nn(-c5ccccc5)c5ccccc45)c3)n2)cc1. The third-order valence-corrected chi connectivity index (χ3v) is 6.68. The van der Waals surface area contributed by atoms with E-state index < -0.39 is 0 Å². The first-order valence-electron chi connectivity index (χ1n) is 12.8. The quantitative estimate of drug-likeness (QED) is 0.241. The molecule has 0 fully saturated rings. The molecule has 0 bridgehead atoms. The van der Waals surface area contributed by atoms with Crippen LogP contribution in [0.2, 0.25) is 0 Å². The summed E-state index contributed by atoms with van der Waals surface area (Å²) in [6, 6.07) is 46.9. The van der Waals surface area contributed by atoms with Gasteiger partial charge in [-0.3, -0.25) is 0 Å². The van der Waals surface area contributed by atoms with E-state index >= 15 is 0 Å². The van der Waals surface area contributed by atoms with E-state index in [4.69, 9.17) is 20.1 Å². The summed E-state index contributed by atoms with van der Waals surface area (Å²) < 4.78 is 2.00. The minimum atomic E-state index is 0.622. The van der Waals surface area contributed by atoms with E-state index in [1.807, 2.05) is 102 Å². The van der Waals surface area contributed by atoms with Crippen LogP contribution in [0.1, 0.15) is 0 Å². The highest BCUT2D eigenvalue weighted by Gasteiger charge is 2.16. The summed E-state index contributed by atoms with van der Waals surface area (Å²) in [5.74, 6) is 1.91. The number of aromatic nitrogens is 5. The molecule has 2 aromatic heterocycles. The van der Waals surface area contributed by atoms with Gasteiger partial charge in [0.15, 0.2) is 17.5 Å². The maximum atomic E-state index is 5.06. The normalized spacial score (nSPS) is 11.1. The van der Waals surface area contributed by atoms with Crippen molar-refractivity contribution in [1.82, 2.24) is 24.7 Å². The lowest BCUT2D eigenvalue weighted by atomic mass is 10.0. The van der Waals surface area contributed by atoms with Gasteiger partial charge in [-0.05, 0) is 24.3 Å². The Kier molecular flexibility index (Phi) is 5.72. The number of nitrogens with zero attached hydrogens (tertiary/aromatic N) is 5. The average molecular weight is 502 g/mol. The van der Waals surface area contributed by atoms with Crippen molar-refractivity contribution in [3.8, 4) is 51.1 Å². The van der Waals surface area contributed by atoms with E-state index in [-0.39, 0.29) is 0 Å². The molecule has 184 valence electrons. The molecule has 0 saturated carbocycles. The van der Waals surface area contributed by atoms with E-state index in [9.17, 15) is 0 Å². The molecule has 0 radical (unpaired) electrons. The predicted octanol–water partition coefficient (Wildman–Crippen LogP) is 7.88. The summed E-state index contributed by atoms with van der Waals surface area (Å²) >= 11 is 0. The van der Waals surface area contributed by atoms with Crippen LogP contribution in [-0.2, 0) is 0 Å². The van der Waals surface area contributed by atoms with Gasteiger partial charge in [-0.25, -0.2) is 19.6 Å². The minimum Gasteiger partial charge on any atom is -0.232 e. The first kappa shape index (κ1) is 22.8. The lowest BCUT2D eigenvalue weighted by molar-refractivity contribution is 0.915. The molecular formula is C34H23N5. The molecule has 39 heavy (non-hydrogen) atoms. The molecule has 5 nitrogen and oxygen atoms in total. The Balaban J connectivity index is 1.39. The van der Waals surface area contributed by atoms with Crippen LogP contribution in [0.15, 0.2) is 140 Å². The minimum absolute atomic E-state index is 0.622. The smallest absolute Gasteiger partial charge is 0.164 e. The summed E-state index contributed by atoms with van der Waals surface area (Å²) in [5.41, 5.74) is 6.79. The van der Waals surface area contributed by atoms with Crippen molar-refractivity contribution in [2.45, 2.75) is 0 Å². The van der Waals surface area contributed by atoms with Crippen LogP contribution in [0.3, 0.4) is 0 Å². The van der Waals surface area contributed by atoms with Crippen molar-refractivity contribution >= 4 is 10.9 Å². The van der Waals surface area contributed by atoms with E-state index in [1.165, 1.54) is 0 Å². The lowest BCUT2D eigenvalue weighted by Crippen LogP contribution is -2.00. The highest BCUT2D eigenvalue weighted by atomic mass is 15.3. The van der Waals surface area contributed by atoms with Gasteiger partial charge in [0, 0.05) is 27.6 Å². The van der Waals surface area contributed by atoms with Crippen molar-refractivity contribution in [2.24, 2.45) is 0 Å². The zero-order valence-corrected chi connectivity index (χ0v) is 21.0. The lowest BCUT2D eigenvalue weighted by Gasteiger charge is -2.09. The number of rotatable bonds is 5. The van der Waals surface area contributed by atoms with Crippen molar-refractivity contribution in [1.29, 1.82) is 0 Å². The molecule has 2 heterocycles. The maximum absolute atomic E-state index is 5.06. The second kappa shape index (κ2) is 9.80. The Labute approximate surface area is 226 Å². The molecule has 0 aliphatic rings. The second-order valence-corrected chi connectivity index (χ2v) is 9.23. The van der Waals surface area contributed by atoms with Crippen molar-refractivity contribution in [3.05, 3.63) is 140 Å². The van der Waals surface area contributed by atoms with Crippen molar-refractivity contribution < 1.29 is 0 Å². The zero-order valence-electron chi connectivity index (χ0n) is 21.0. The molecule has 5 aromatic carbocycles. The predicted molar refractivity (Wildman–Crippen MR) is 156 cm³/mol. The molecule has 7 rings (SSSR count). The van der Waals surface area contributed by atoms with Gasteiger partial charge < -0.3 is 0 Å². The third-order valence-electron chi connectivity index (χ3n) is 6.68. The summed E-state index contributed by atoms with van der Waals surface area (Å²) in [4.78, 5) is 14.6. The molecular weight excluding hydrogens is 478 g/mol. The number of benzene rings is 5. The second-order valence-electron chi connectivity index (χ2n) is 9.23. The Morgan fingerprint density at radius 1 is 0.410 bits per heavy atom. The van der Waals surface area contributed by atoms with E-state index in [2.05, 4.69) is 42.5 Å². The van der Waals surface area contributed by atoms with E-state index in [0.29, 0.717) is 17.5 Å². The molecule has 0 unspecified atom stereocenters. The van der Waals surface area contributed by atoms with Crippen LogP contribution in [-0.4, -0.2) is 24.7 Å². The fourth-order valence-corrected chi connectivity index (χ4v) is 4.79. The highest BCUT2D eigenvalue weighted by Crippen LogP contribution is 2.32. The number of hydrogen-bond donors (Lipinski definition) is 0. The fourth-order valence-electron chi connectivity index (χ4n) is 4.79. The van der Waals surface area contributed by atoms with Crippen molar-refractivity contribution in [3.63, 3.8) is 0 Å². The zero-order chi connectivity index (χ0) is 26.0. The summed E-state index contributed by atoms with van der Waals surface area (Å²) in [6.45, 7) is 0.